The van der Waals surface area contributed by atoms with Gasteiger partial charge in [0, 0.05) is 12.0 Å². The highest BCUT2D eigenvalue weighted by Crippen LogP contribution is 2.21. The van der Waals surface area contributed by atoms with Gasteiger partial charge in [-0.25, -0.2) is 9.97 Å². The number of nitrogens with zero attached hydrogens (tertiary/aromatic N) is 2. The van der Waals surface area contributed by atoms with Crippen molar-refractivity contribution < 1.29 is 14.3 Å². The van der Waals surface area contributed by atoms with Crippen molar-refractivity contribution in [2.75, 3.05) is 6.61 Å². The minimum absolute atomic E-state index is 0.226. The number of rotatable bonds is 17. The third-order valence-electron chi connectivity index (χ3n) is 5.47. The summed E-state index contributed by atoms with van der Waals surface area (Å²) >= 11 is 0. The Morgan fingerprint density at radius 2 is 1.28 bits per heavy atom. The summed E-state index contributed by atoms with van der Waals surface area (Å²) < 4.78 is 11.2. The van der Waals surface area contributed by atoms with E-state index >= 15 is 0 Å². The Kier molecular flexibility index (Phi) is 13.1. The monoisotopic (exact) mass is 440 g/mol. The quantitative estimate of drug-likeness (QED) is 0.188. The zero-order valence-corrected chi connectivity index (χ0v) is 20.0. The third kappa shape index (κ3) is 10.7. The molecule has 0 saturated heterocycles. The maximum absolute atomic E-state index is 11.9. The topological polar surface area (TPSA) is 61.3 Å². The van der Waals surface area contributed by atoms with Crippen LogP contribution in [0.15, 0.2) is 36.7 Å². The van der Waals surface area contributed by atoms with E-state index in [0.29, 0.717) is 18.0 Å². The Bertz CT molecular complexity index is 745. The molecule has 2 rings (SSSR count). The van der Waals surface area contributed by atoms with Crippen molar-refractivity contribution in [1.82, 2.24) is 9.97 Å². The summed E-state index contributed by atoms with van der Waals surface area (Å²) in [6, 6.07) is 7.82. The lowest BCUT2D eigenvalue weighted by atomic mass is 10.1. The van der Waals surface area contributed by atoms with E-state index in [0.717, 1.165) is 50.0 Å². The van der Waals surface area contributed by atoms with Gasteiger partial charge in [0.25, 0.3) is 0 Å². The molecule has 0 saturated carbocycles. The number of hydrogen-bond acceptors (Lipinski definition) is 5. The van der Waals surface area contributed by atoms with Crippen molar-refractivity contribution in [3.8, 4) is 22.9 Å². The summed E-state index contributed by atoms with van der Waals surface area (Å²) in [6.07, 6.45) is 18.1. The van der Waals surface area contributed by atoms with Gasteiger partial charge in [0.1, 0.15) is 5.75 Å². The van der Waals surface area contributed by atoms with Crippen molar-refractivity contribution in [2.24, 2.45) is 0 Å². The first-order chi connectivity index (χ1) is 15.7. The highest BCUT2D eigenvalue weighted by atomic mass is 16.5. The van der Waals surface area contributed by atoms with Gasteiger partial charge in [0.2, 0.25) is 0 Å². The number of ether oxygens (including phenoxy) is 2. The lowest BCUT2D eigenvalue weighted by Crippen LogP contribution is -2.08. The first-order valence-corrected chi connectivity index (χ1v) is 12.5. The molecule has 176 valence electrons. The standard InChI is InChI=1S/C27H40N2O3/c1-3-5-7-9-10-11-12-14-20-31-24-18-16-23(17-19-24)27-28-21-25(22-29-27)32-26(30)15-13-8-6-4-2/h16-19,21-22H,3-15,20H2,1-2H3. The lowest BCUT2D eigenvalue weighted by molar-refractivity contribution is -0.134. The van der Waals surface area contributed by atoms with Crippen LogP contribution in [0.5, 0.6) is 11.5 Å². The highest BCUT2D eigenvalue weighted by molar-refractivity contribution is 5.72. The molecular formula is C27H40N2O3. The second-order valence-electron chi connectivity index (χ2n) is 8.37. The van der Waals surface area contributed by atoms with Gasteiger partial charge < -0.3 is 9.47 Å². The van der Waals surface area contributed by atoms with Crippen LogP contribution in [0.25, 0.3) is 11.4 Å². The highest BCUT2D eigenvalue weighted by Gasteiger charge is 2.07. The average Bonchev–Trinajstić information content (AvgIpc) is 2.82. The number of unbranched alkanes of at least 4 members (excludes halogenated alkanes) is 10. The van der Waals surface area contributed by atoms with Gasteiger partial charge in [-0.3, -0.25) is 4.79 Å². The fraction of sp³-hybridized carbons (Fsp3) is 0.593. The number of hydrogen-bond donors (Lipinski definition) is 0. The summed E-state index contributed by atoms with van der Waals surface area (Å²) in [5.41, 5.74) is 0.905. The average molecular weight is 441 g/mol. The molecule has 0 amide bonds. The molecule has 2 aromatic rings. The summed E-state index contributed by atoms with van der Waals surface area (Å²) in [6.45, 7) is 5.15. The first kappa shape index (κ1) is 25.8. The van der Waals surface area contributed by atoms with Gasteiger partial charge in [-0.2, -0.15) is 0 Å². The fourth-order valence-electron chi connectivity index (χ4n) is 3.52. The second kappa shape index (κ2) is 16.2. The minimum atomic E-state index is -0.226. The second-order valence-corrected chi connectivity index (χ2v) is 8.37. The maximum Gasteiger partial charge on any atom is 0.311 e. The van der Waals surface area contributed by atoms with Crippen LogP contribution >= 0.6 is 0 Å². The van der Waals surface area contributed by atoms with Crippen LogP contribution in [0.1, 0.15) is 97.3 Å². The molecule has 0 unspecified atom stereocenters. The van der Waals surface area contributed by atoms with Gasteiger partial charge in [0.05, 0.1) is 19.0 Å². The van der Waals surface area contributed by atoms with Crippen LogP contribution in [0.4, 0.5) is 0 Å². The third-order valence-corrected chi connectivity index (χ3v) is 5.47. The van der Waals surface area contributed by atoms with E-state index in [1.807, 2.05) is 24.3 Å². The zero-order chi connectivity index (χ0) is 22.9. The molecule has 0 N–H and O–H groups in total. The molecular weight excluding hydrogens is 400 g/mol. The number of benzene rings is 1. The van der Waals surface area contributed by atoms with Crippen LogP contribution in [0.3, 0.4) is 0 Å². The molecule has 0 fully saturated rings. The van der Waals surface area contributed by atoms with Crippen molar-refractivity contribution in [3.05, 3.63) is 36.7 Å². The van der Waals surface area contributed by atoms with Gasteiger partial charge in [0.15, 0.2) is 11.6 Å². The Balaban J connectivity index is 1.67. The number of aromatic nitrogens is 2. The van der Waals surface area contributed by atoms with Gasteiger partial charge in [-0.15, -0.1) is 0 Å². The number of esters is 1. The van der Waals surface area contributed by atoms with Crippen LogP contribution in [0, 0.1) is 0 Å². The molecule has 0 radical (unpaired) electrons. The molecule has 1 aromatic heterocycles. The lowest BCUT2D eigenvalue weighted by Gasteiger charge is -2.08. The molecule has 5 heteroatoms. The first-order valence-electron chi connectivity index (χ1n) is 12.5. The molecule has 0 aliphatic rings. The van der Waals surface area contributed by atoms with Crippen molar-refractivity contribution in [1.29, 1.82) is 0 Å². The van der Waals surface area contributed by atoms with Crippen molar-refractivity contribution >= 4 is 5.97 Å². The van der Waals surface area contributed by atoms with E-state index in [-0.39, 0.29) is 5.97 Å². The van der Waals surface area contributed by atoms with Crippen LogP contribution in [-0.2, 0) is 4.79 Å². The van der Waals surface area contributed by atoms with Crippen molar-refractivity contribution in [3.63, 3.8) is 0 Å². The summed E-state index contributed by atoms with van der Waals surface area (Å²) in [5, 5.41) is 0. The van der Waals surface area contributed by atoms with E-state index in [2.05, 4.69) is 23.8 Å². The molecule has 5 nitrogen and oxygen atoms in total. The number of carbonyl (C=O) groups is 1. The van der Waals surface area contributed by atoms with Gasteiger partial charge in [-0.05, 0) is 37.1 Å². The predicted molar refractivity (Wildman–Crippen MR) is 130 cm³/mol. The largest absolute Gasteiger partial charge is 0.494 e. The van der Waals surface area contributed by atoms with Crippen LogP contribution < -0.4 is 9.47 Å². The van der Waals surface area contributed by atoms with E-state index in [1.54, 1.807) is 12.4 Å². The Morgan fingerprint density at radius 1 is 0.719 bits per heavy atom. The van der Waals surface area contributed by atoms with E-state index < -0.39 is 0 Å². The summed E-state index contributed by atoms with van der Waals surface area (Å²) in [7, 11) is 0. The number of carbonyl (C=O) groups excluding carboxylic acids is 1. The molecule has 0 atom stereocenters. The van der Waals surface area contributed by atoms with E-state index in [4.69, 9.17) is 9.47 Å². The van der Waals surface area contributed by atoms with Crippen LogP contribution in [0.2, 0.25) is 0 Å². The molecule has 1 aromatic carbocycles. The Hall–Kier alpha value is -2.43. The van der Waals surface area contributed by atoms with Gasteiger partial charge >= 0.3 is 5.97 Å². The molecule has 0 spiro atoms. The smallest absolute Gasteiger partial charge is 0.311 e. The summed E-state index contributed by atoms with van der Waals surface area (Å²) in [4.78, 5) is 20.5. The SMILES string of the molecule is CCCCCCCCCCOc1ccc(-c2ncc(OC(=O)CCCCCC)cn2)cc1. The summed E-state index contributed by atoms with van der Waals surface area (Å²) in [5.74, 6) is 1.63. The molecule has 32 heavy (non-hydrogen) atoms. The molecule has 0 aliphatic heterocycles. The fourth-order valence-corrected chi connectivity index (χ4v) is 3.52. The maximum atomic E-state index is 11.9. The normalized spacial score (nSPS) is 10.8. The van der Waals surface area contributed by atoms with E-state index in [1.165, 1.54) is 44.9 Å². The zero-order valence-electron chi connectivity index (χ0n) is 20.0. The molecule has 0 aliphatic carbocycles. The Labute approximate surface area is 194 Å². The molecule has 1 heterocycles. The predicted octanol–water partition coefficient (Wildman–Crippen LogP) is 7.54. The minimum Gasteiger partial charge on any atom is -0.494 e. The Morgan fingerprint density at radius 3 is 1.91 bits per heavy atom. The van der Waals surface area contributed by atoms with Crippen LogP contribution in [-0.4, -0.2) is 22.5 Å². The molecule has 0 bridgehead atoms. The van der Waals surface area contributed by atoms with Gasteiger partial charge in [-0.1, -0.05) is 78.1 Å². The van der Waals surface area contributed by atoms with Crippen molar-refractivity contribution in [2.45, 2.75) is 97.3 Å². The van der Waals surface area contributed by atoms with E-state index in [9.17, 15) is 4.79 Å².